The third-order valence-electron chi connectivity index (χ3n) is 3.76. The van der Waals surface area contributed by atoms with Crippen molar-refractivity contribution < 1.29 is 9.84 Å². The van der Waals surface area contributed by atoms with E-state index in [1.165, 1.54) is 32.1 Å². The molecule has 0 atom stereocenters. The first-order valence-electron chi connectivity index (χ1n) is 8.20. The molecular weight excluding hydrogens is 248 g/mol. The first-order chi connectivity index (χ1) is 9.72. The van der Waals surface area contributed by atoms with Crippen molar-refractivity contribution in [1.82, 2.24) is 0 Å². The summed E-state index contributed by atoms with van der Waals surface area (Å²) >= 11 is 0. The van der Waals surface area contributed by atoms with Crippen molar-refractivity contribution in [2.24, 2.45) is 0 Å². The van der Waals surface area contributed by atoms with Gasteiger partial charge in [-0.1, -0.05) is 52.9 Å². The van der Waals surface area contributed by atoms with Crippen molar-refractivity contribution >= 4 is 0 Å². The minimum atomic E-state index is 0.379. The lowest BCUT2D eigenvalue weighted by Crippen LogP contribution is -2.01. The quantitative estimate of drug-likeness (QED) is 0.592. The van der Waals surface area contributed by atoms with E-state index in [-0.39, 0.29) is 0 Å². The molecule has 0 heterocycles. The Morgan fingerprint density at radius 3 is 2.25 bits per heavy atom. The van der Waals surface area contributed by atoms with Crippen LogP contribution >= 0.6 is 0 Å². The number of ether oxygens (including phenoxy) is 1. The predicted octanol–water partition coefficient (Wildman–Crippen LogP) is 5.26. The second-order valence-corrected chi connectivity index (χ2v) is 5.41. The molecule has 0 bridgehead atoms. The zero-order valence-corrected chi connectivity index (χ0v) is 13.4. The summed E-state index contributed by atoms with van der Waals surface area (Å²) < 4.78 is 5.90. The first-order valence-corrected chi connectivity index (χ1v) is 8.20. The Hall–Kier alpha value is -1.18. The van der Waals surface area contributed by atoms with E-state index in [0.717, 1.165) is 42.7 Å². The summed E-state index contributed by atoms with van der Waals surface area (Å²) in [6.45, 7) is 7.14. The van der Waals surface area contributed by atoms with Crippen LogP contribution in [0.25, 0.3) is 0 Å². The molecule has 0 unspecified atom stereocenters. The Labute approximate surface area is 124 Å². The van der Waals surface area contributed by atoms with E-state index in [0.29, 0.717) is 5.75 Å². The summed E-state index contributed by atoms with van der Waals surface area (Å²) in [5.41, 5.74) is 2.07. The Bertz CT molecular complexity index is 385. The van der Waals surface area contributed by atoms with Gasteiger partial charge in [-0.15, -0.1) is 0 Å². The zero-order chi connectivity index (χ0) is 14.8. The van der Waals surface area contributed by atoms with Gasteiger partial charge in [-0.05, 0) is 37.0 Å². The molecule has 0 amide bonds. The molecule has 0 radical (unpaired) electrons. The van der Waals surface area contributed by atoms with Gasteiger partial charge in [-0.2, -0.15) is 0 Å². The van der Waals surface area contributed by atoms with Gasteiger partial charge in [-0.3, -0.25) is 0 Å². The monoisotopic (exact) mass is 278 g/mol. The molecule has 0 aliphatic carbocycles. The Morgan fingerprint density at radius 2 is 1.60 bits per heavy atom. The van der Waals surface area contributed by atoms with Gasteiger partial charge in [0.1, 0.15) is 11.5 Å². The van der Waals surface area contributed by atoms with Gasteiger partial charge >= 0.3 is 0 Å². The molecule has 2 heteroatoms. The van der Waals surface area contributed by atoms with Gasteiger partial charge in [0.2, 0.25) is 0 Å². The lowest BCUT2D eigenvalue weighted by Gasteiger charge is -2.13. The number of rotatable bonds is 10. The summed E-state index contributed by atoms with van der Waals surface area (Å²) in [7, 11) is 0. The number of phenolic OH excluding ortho intramolecular Hbond substituents is 1. The maximum atomic E-state index is 10.0. The van der Waals surface area contributed by atoms with Crippen molar-refractivity contribution in [2.45, 2.75) is 72.1 Å². The number of aromatic hydroxyl groups is 1. The fourth-order valence-electron chi connectivity index (χ4n) is 2.44. The summed E-state index contributed by atoms with van der Waals surface area (Å²) in [6, 6.07) is 3.94. The molecule has 1 aromatic rings. The summed E-state index contributed by atoms with van der Waals surface area (Å²) in [5, 5.41) is 10.0. The minimum Gasteiger partial charge on any atom is -0.508 e. The number of benzene rings is 1. The molecule has 0 spiro atoms. The van der Waals surface area contributed by atoms with Crippen LogP contribution < -0.4 is 4.74 Å². The van der Waals surface area contributed by atoms with Crippen LogP contribution in [-0.4, -0.2) is 11.7 Å². The van der Waals surface area contributed by atoms with Crippen molar-refractivity contribution in [3.05, 3.63) is 23.3 Å². The number of aryl methyl sites for hydroxylation is 1. The summed E-state index contributed by atoms with van der Waals surface area (Å²) in [5.74, 6) is 1.25. The van der Waals surface area contributed by atoms with Crippen LogP contribution in [-0.2, 0) is 12.8 Å². The molecule has 0 aliphatic rings. The van der Waals surface area contributed by atoms with E-state index in [1.807, 2.05) is 6.07 Å². The van der Waals surface area contributed by atoms with Gasteiger partial charge in [0.05, 0.1) is 6.61 Å². The van der Waals surface area contributed by atoms with Crippen molar-refractivity contribution in [3.8, 4) is 11.5 Å². The second kappa shape index (κ2) is 9.68. The Balaban J connectivity index is 2.44. The number of hydrogen-bond donors (Lipinski definition) is 1. The van der Waals surface area contributed by atoms with Gasteiger partial charge in [0.25, 0.3) is 0 Å². The van der Waals surface area contributed by atoms with Crippen LogP contribution in [0.5, 0.6) is 11.5 Å². The Kier molecular flexibility index (Phi) is 8.17. The minimum absolute atomic E-state index is 0.379. The summed E-state index contributed by atoms with van der Waals surface area (Å²) in [4.78, 5) is 0. The number of unbranched alkanes of at least 4 members (excludes halogenated alkanes) is 5. The highest BCUT2D eigenvalue weighted by atomic mass is 16.5. The van der Waals surface area contributed by atoms with Crippen molar-refractivity contribution in [3.63, 3.8) is 0 Å². The molecule has 0 fully saturated rings. The third-order valence-corrected chi connectivity index (χ3v) is 3.76. The lowest BCUT2D eigenvalue weighted by atomic mass is 10.1. The molecule has 2 nitrogen and oxygen atoms in total. The van der Waals surface area contributed by atoms with Gasteiger partial charge in [0, 0.05) is 5.56 Å². The van der Waals surface area contributed by atoms with Crippen LogP contribution in [0.1, 0.15) is 70.4 Å². The van der Waals surface area contributed by atoms with Gasteiger partial charge in [0.15, 0.2) is 0 Å². The molecule has 1 N–H and O–H groups in total. The molecule has 0 aromatic heterocycles. The topological polar surface area (TPSA) is 29.5 Å². The van der Waals surface area contributed by atoms with Crippen LogP contribution in [0.15, 0.2) is 12.1 Å². The van der Waals surface area contributed by atoms with Crippen LogP contribution in [0, 0.1) is 0 Å². The zero-order valence-electron chi connectivity index (χ0n) is 13.4. The highest BCUT2D eigenvalue weighted by molar-refractivity contribution is 5.47. The number of phenols is 1. The van der Waals surface area contributed by atoms with Crippen LogP contribution in [0.2, 0.25) is 0 Å². The highest BCUT2D eigenvalue weighted by Crippen LogP contribution is 2.30. The van der Waals surface area contributed by atoms with E-state index in [2.05, 4.69) is 26.8 Å². The smallest absolute Gasteiger partial charge is 0.126 e. The maximum Gasteiger partial charge on any atom is 0.126 e. The fourth-order valence-corrected chi connectivity index (χ4v) is 2.44. The van der Waals surface area contributed by atoms with E-state index in [4.69, 9.17) is 4.74 Å². The van der Waals surface area contributed by atoms with Crippen molar-refractivity contribution in [1.29, 1.82) is 0 Å². The molecule has 1 aromatic carbocycles. The van der Waals surface area contributed by atoms with Crippen LogP contribution in [0.3, 0.4) is 0 Å². The predicted molar refractivity (Wildman–Crippen MR) is 85.7 cm³/mol. The SMILES string of the molecule is CCCCCCCCOc1cc(CC)cc(O)c1CC. The average Bonchev–Trinajstić information content (AvgIpc) is 2.45. The van der Waals surface area contributed by atoms with Crippen molar-refractivity contribution in [2.75, 3.05) is 6.61 Å². The highest BCUT2D eigenvalue weighted by Gasteiger charge is 2.09. The second-order valence-electron chi connectivity index (χ2n) is 5.41. The maximum absolute atomic E-state index is 10.0. The molecule has 0 aliphatic heterocycles. The van der Waals surface area contributed by atoms with Crippen LogP contribution in [0.4, 0.5) is 0 Å². The molecule has 0 saturated carbocycles. The molecular formula is C18H30O2. The molecule has 114 valence electrons. The van der Waals surface area contributed by atoms with Gasteiger partial charge < -0.3 is 9.84 Å². The lowest BCUT2D eigenvalue weighted by molar-refractivity contribution is 0.299. The first kappa shape index (κ1) is 16.9. The standard InChI is InChI=1S/C18H30O2/c1-4-7-8-9-10-11-12-20-18-14-15(5-2)13-17(19)16(18)6-3/h13-14,19H,4-12H2,1-3H3. The molecule has 20 heavy (non-hydrogen) atoms. The van der Waals surface area contributed by atoms with E-state index >= 15 is 0 Å². The third kappa shape index (κ3) is 5.44. The van der Waals surface area contributed by atoms with E-state index in [1.54, 1.807) is 0 Å². The van der Waals surface area contributed by atoms with E-state index < -0.39 is 0 Å². The largest absolute Gasteiger partial charge is 0.508 e. The number of hydrogen-bond acceptors (Lipinski definition) is 2. The molecule has 0 saturated heterocycles. The normalized spacial score (nSPS) is 10.8. The van der Waals surface area contributed by atoms with E-state index in [9.17, 15) is 5.11 Å². The van der Waals surface area contributed by atoms with Gasteiger partial charge in [-0.25, -0.2) is 0 Å². The summed E-state index contributed by atoms with van der Waals surface area (Å²) in [6.07, 6.45) is 9.34. The Morgan fingerprint density at radius 1 is 0.900 bits per heavy atom. The fraction of sp³-hybridized carbons (Fsp3) is 0.667. The molecule has 1 rings (SSSR count). The average molecular weight is 278 g/mol.